The molecule has 2 unspecified atom stereocenters. The lowest BCUT2D eigenvalue weighted by Gasteiger charge is -2.32. The third kappa shape index (κ3) is 6.21. The van der Waals surface area contributed by atoms with Gasteiger partial charge in [0.15, 0.2) is 0 Å². The quantitative estimate of drug-likeness (QED) is 0.477. The number of alkyl carbamates (subject to hydrolysis) is 1. The molecule has 1 aliphatic carbocycles. The fraction of sp³-hybridized carbons (Fsp3) is 0.464. The molecular formula is C28H36N2O5. The zero-order chi connectivity index (χ0) is 25.5. The molecule has 2 aromatic carbocycles. The van der Waals surface area contributed by atoms with Gasteiger partial charge >= 0.3 is 12.1 Å². The topological polar surface area (TPSA) is 95.9 Å². The van der Waals surface area contributed by atoms with Crippen LogP contribution in [0.3, 0.4) is 0 Å². The predicted octanol–water partition coefficient (Wildman–Crippen LogP) is 4.90. The number of aliphatic carboxylic acids is 1. The molecule has 0 bridgehead atoms. The first-order valence-corrected chi connectivity index (χ1v) is 12.4. The van der Waals surface area contributed by atoms with Crippen LogP contribution < -0.4 is 5.32 Å². The predicted molar refractivity (Wildman–Crippen MR) is 135 cm³/mol. The van der Waals surface area contributed by atoms with Crippen LogP contribution in [0.4, 0.5) is 4.79 Å². The Balaban J connectivity index is 1.65. The summed E-state index contributed by atoms with van der Waals surface area (Å²) in [5.74, 6) is -1.66. The summed E-state index contributed by atoms with van der Waals surface area (Å²) in [6.45, 7) is 8.44. The highest BCUT2D eigenvalue weighted by Gasteiger charge is 2.34. The lowest BCUT2D eigenvalue weighted by atomic mass is 9.87. The number of carboxylic acids is 1. The number of nitrogens with zero attached hydrogens (tertiary/aromatic N) is 1. The van der Waals surface area contributed by atoms with Crippen molar-refractivity contribution in [2.24, 2.45) is 11.8 Å². The number of rotatable bonds is 11. The average molecular weight is 481 g/mol. The van der Waals surface area contributed by atoms with Gasteiger partial charge in [0.1, 0.15) is 6.61 Å². The average Bonchev–Trinajstić information content (AvgIpc) is 3.13. The van der Waals surface area contributed by atoms with E-state index in [1.54, 1.807) is 11.8 Å². The number of carboxylic acid groups (broad SMARTS) is 1. The molecule has 0 aliphatic heterocycles. The van der Waals surface area contributed by atoms with Crippen molar-refractivity contribution in [2.75, 3.05) is 19.7 Å². The number of amides is 2. The maximum absolute atomic E-state index is 13.3. The first kappa shape index (κ1) is 26.3. The molecule has 35 heavy (non-hydrogen) atoms. The molecule has 2 atom stereocenters. The van der Waals surface area contributed by atoms with Crippen molar-refractivity contribution in [3.63, 3.8) is 0 Å². The van der Waals surface area contributed by atoms with Gasteiger partial charge in [0.05, 0.1) is 12.3 Å². The Morgan fingerprint density at radius 1 is 0.971 bits per heavy atom. The number of carbonyl (C=O) groups is 3. The monoisotopic (exact) mass is 480 g/mol. The van der Waals surface area contributed by atoms with E-state index in [4.69, 9.17) is 9.84 Å². The van der Waals surface area contributed by atoms with Gasteiger partial charge in [-0.1, -0.05) is 69.3 Å². The number of fused-ring (bicyclic) bond motifs is 3. The van der Waals surface area contributed by atoms with E-state index >= 15 is 0 Å². The van der Waals surface area contributed by atoms with E-state index in [-0.39, 0.29) is 37.3 Å². The number of nitrogens with one attached hydrogen (secondary N) is 1. The maximum Gasteiger partial charge on any atom is 0.407 e. The number of hydrogen-bond donors (Lipinski definition) is 2. The summed E-state index contributed by atoms with van der Waals surface area (Å²) in [5.41, 5.74) is 4.60. The van der Waals surface area contributed by atoms with Crippen molar-refractivity contribution in [1.29, 1.82) is 0 Å². The van der Waals surface area contributed by atoms with Crippen LogP contribution in [-0.2, 0) is 14.3 Å². The molecule has 0 heterocycles. The molecule has 2 N–H and O–H groups in total. The Labute approximate surface area is 207 Å². The lowest BCUT2D eigenvalue weighted by Crippen LogP contribution is -2.49. The van der Waals surface area contributed by atoms with Gasteiger partial charge in [-0.2, -0.15) is 0 Å². The van der Waals surface area contributed by atoms with Crippen molar-refractivity contribution in [1.82, 2.24) is 10.2 Å². The smallest absolute Gasteiger partial charge is 0.407 e. The van der Waals surface area contributed by atoms with Gasteiger partial charge < -0.3 is 20.1 Å². The van der Waals surface area contributed by atoms with E-state index in [2.05, 4.69) is 29.6 Å². The number of benzene rings is 2. The Morgan fingerprint density at radius 2 is 1.54 bits per heavy atom. The molecule has 0 saturated heterocycles. The second kappa shape index (κ2) is 11.9. The molecule has 7 heteroatoms. The van der Waals surface area contributed by atoms with Crippen LogP contribution in [0, 0.1) is 11.8 Å². The SMILES string of the molecule is CCCN(CCC(=O)O)C(=O)C(C(C)C)C(C)NC(=O)OCC1c2ccccc2-c2ccccc21. The second-order valence-electron chi connectivity index (χ2n) is 9.50. The Kier molecular flexibility index (Phi) is 8.90. The Bertz CT molecular complexity index is 1010. The van der Waals surface area contributed by atoms with Crippen molar-refractivity contribution >= 4 is 18.0 Å². The van der Waals surface area contributed by atoms with Gasteiger partial charge in [0.2, 0.25) is 5.91 Å². The third-order valence-corrected chi connectivity index (χ3v) is 6.63. The Morgan fingerprint density at radius 3 is 2.06 bits per heavy atom. The van der Waals surface area contributed by atoms with Crippen molar-refractivity contribution < 1.29 is 24.2 Å². The van der Waals surface area contributed by atoms with Gasteiger partial charge in [-0.25, -0.2) is 4.79 Å². The molecule has 0 spiro atoms. The van der Waals surface area contributed by atoms with Crippen molar-refractivity contribution in [2.45, 2.75) is 52.5 Å². The second-order valence-corrected chi connectivity index (χ2v) is 9.50. The van der Waals surface area contributed by atoms with Crippen LogP contribution in [0.15, 0.2) is 48.5 Å². The summed E-state index contributed by atoms with van der Waals surface area (Å²) in [6.07, 6.45) is 0.0557. The van der Waals surface area contributed by atoms with Crippen LogP contribution in [0.1, 0.15) is 57.6 Å². The molecular weight excluding hydrogens is 444 g/mol. The fourth-order valence-electron chi connectivity index (χ4n) is 5.04. The summed E-state index contributed by atoms with van der Waals surface area (Å²) in [7, 11) is 0. The van der Waals surface area contributed by atoms with E-state index in [9.17, 15) is 14.4 Å². The number of carbonyl (C=O) groups excluding carboxylic acids is 2. The molecule has 3 rings (SSSR count). The largest absolute Gasteiger partial charge is 0.481 e. The highest BCUT2D eigenvalue weighted by atomic mass is 16.5. The molecule has 2 aromatic rings. The molecule has 0 radical (unpaired) electrons. The summed E-state index contributed by atoms with van der Waals surface area (Å²) in [5, 5.41) is 11.9. The molecule has 2 amide bonds. The van der Waals surface area contributed by atoms with Crippen LogP contribution in [0.5, 0.6) is 0 Å². The van der Waals surface area contributed by atoms with Crippen LogP contribution in [0.25, 0.3) is 11.1 Å². The zero-order valence-corrected chi connectivity index (χ0v) is 21.0. The first-order chi connectivity index (χ1) is 16.7. The zero-order valence-electron chi connectivity index (χ0n) is 21.0. The molecule has 7 nitrogen and oxygen atoms in total. The van der Waals surface area contributed by atoms with Gasteiger partial charge in [-0.3, -0.25) is 9.59 Å². The highest BCUT2D eigenvalue weighted by molar-refractivity contribution is 5.81. The Hall–Kier alpha value is -3.35. The van der Waals surface area contributed by atoms with Gasteiger partial charge in [-0.05, 0) is 41.5 Å². The lowest BCUT2D eigenvalue weighted by molar-refractivity contribution is -0.140. The molecule has 188 valence electrons. The summed E-state index contributed by atoms with van der Waals surface area (Å²) < 4.78 is 5.65. The minimum atomic E-state index is -0.940. The van der Waals surface area contributed by atoms with Crippen molar-refractivity contribution in [3.05, 3.63) is 59.7 Å². The van der Waals surface area contributed by atoms with Gasteiger partial charge in [0, 0.05) is 25.0 Å². The minimum Gasteiger partial charge on any atom is -0.481 e. The van der Waals surface area contributed by atoms with Crippen LogP contribution in [0.2, 0.25) is 0 Å². The van der Waals surface area contributed by atoms with E-state index in [1.807, 2.05) is 45.0 Å². The molecule has 0 aromatic heterocycles. The van der Waals surface area contributed by atoms with Crippen molar-refractivity contribution in [3.8, 4) is 11.1 Å². The summed E-state index contributed by atoms with van der Waals surface area (Å²) in [6, 6.07) is 15.8. The standard InChI is InChI=1S/C28H36N2O5/c1-5-15-30(16-14-25(31)32)27(33)26(18(2)3)19(4)29-28(34)35-17-24-22-12-8-6-10-20(22)21-11-7-9-13-23(21)24/h6-13,18-19,24,26H,5,14-17H2,1-4H3,(H,29,34)(H,31,32). The molecule has 1 aliphatic rings. The van der Waals surface area contributed by atoms with Gasteiger partial charge in [-0.15, -0.1) is 0 Å². The molecule has 0 saturated carbocycles. The summed E-state index contributed by atoms with van der Waals surface area (Å²) >= 11 is 0. The first-order valence-electron chi connectivity index (χ1n) is 12.4. The number of ether oxygens (including phenoxy) is 1. The summed E-state index contributed by atoms with van der Waals surface area (Å²) in [4.78, 5) is 38.7. The van der Waals surface area contributed by atoms with Crippen LogP contribution in [-0.4, -0.2) is 53.7 Å². The van der Waals surface area contributed by atoms with E-state index in [0.717, 1.165) is 28.7 Å². The van der Waals surface area contributed by atoms with Crippen LogP contribution >= 0.6 is 0 Å². The third-order valence-electron chi connectivity index (χ3n) is 6.63. The molecule has 0 fully saturated rings. The fourth-order valence-corrected chi connectivity index (χ4v) is 5.04. The van der Waals surface area contributed by atoms with E-state index < -0.39 is 24.0 Å². The maximum atomic E-state index is 13.3. The van der Waals surface area contributed by atoms with Gasteiger partial charge in [0.25, 0.3) is 0 Å². The number of hydrogen-bond acceptors (Lipinski definition) is 4. The highest BCUT2D eigenvalue weighted by Crippen LogP contribution is 2.44. The normalized spacial score (nSPS) is 14.1. The van der Waals surface area contributed by atoms with E-state index in [0.29, 0.717) is 6.54 Å². The van der Waals surface area contributed by atoms with E-state index in [1.165, 1.54) is 0 Å². The minimum absolute atomic E-state index is 0.0398.